The van der Waals surface area contributed by atoms with E-state index in [0.29, 0.717) is 0 Å². The van der Waals surface area contributed by atoms with Gasteiger partial charge in [0.1, 0.15) is 17.5 Å². The molecule has 0 aliphatic carbocycles. The van der Waals surface area contributed by atoms with E-state index in [0.717, 1.165) is 17.0 Å². The number of esters is 1. The Labute approximate surface area is 184 Å². The van der Waals surface area contributed by atoms with Crippen LogP contribution in [0.4, 0.5) is 10.5 Å². The van der Waals surface area contributed by atoms with E-state index in [1.165, 1.54) is 25.3 Å². The first-order chi connectivity index (χ1) is 15.2. The molecule has 12 nitrogen and oxygen atoms in total. The highest BCUT2D eigenvalue weighted by molar-refractivity contribution is 6.31. The summed E-state index contributed by atoms with van der Waals surface area (Å²) < 4.78 is 14.9. The van der Waals surface area contributed by atoms with Crippen molar-refractivity contribution in [1.82, 2.24) is 10.2 Å². The standard InChI is InChI=1S/C19H13ClN4O8/c1-30-18(26)15-3-2-12(32-15)9-23-17(25)13(22-19(23)27)7-10-6-11(20)8-14(24(28)29)16(10)31-5-4-21/h2-3,6-8H,5,9H2,1H3,(H,22,27). The smallest absolute Gasteiger partial charge is 0.373 e. The molecule has 1 aliphatic heterocycles. The zero-order valence-corrected chi connectivity index (χ0v) is 17.0. The SMILES string of the molecule is COC(=O)c1ccc(CN2C(=O)NC(=Cc3cc(Cl)cc([N+](=O)[O-])c3OCC#N)C2=O)o1. The van der Waals surface area contributed by atoms with Crippen molar-refractivity contribution < 1.29 is 33.2 Å². The number of nitro benzene ring substituents is 1. The first-order valence-electron chi connectivity index (χ1n) is 8.74. The van der Waals surface area contributed by atoms with Gasteiger partial charge in [0.15, 0.2) is 6.61 Å². The zero-order chi connectivity index (χ0) is 23.4. The topological polar surface area (TPSA) is 165 Å². The first kappa shape index (κ1) is 22.3. The molecule has 1 fully saturated rings. The second kappa shape index (κ2) is 9.19. The number of methoxy groups -OCH3 is 1. The summed E-state index contributed by atoms with van der Waals surface area (Å²) in [4.78, 5) is 47.9. The molecule has 32 heavy (non-hydrogen) atoms. The number of hydrogen-bond donors (Lipinski definition) is 1. The lowest BCUT2D eigenvalue weighted by molar-refractivity contribution is -0.385. The van der Waals surface area contributed by atoms with Gasteiger partial charge in [-0.2, -0.15) is 5.26 Å². The van der Waals surface area contributed by atoms with Crippen LogP contribution in [0.2, 0.25) is 5.02 Å². The molecule has 3 amide bonds. The van der Waals surface area contributed by atoms with E-state index in [2.05, 4.69) is 10.1 Å². The van der Waals surface area contributed by atoms with Gasteiger partial charge in [0.05, 0.1) is 18.6 Å². The Balaban J connectivity index is 1.92. The van der Waals surface area contributed by atoms with Gasteiger partial charge in [-0.15, -0.1) is 0 Å². The maximum atomic E-state index is 12.7. The number of urea groups is 1. The Morgan fingerprint density at radius 2 is 2.16 bits per heavy atom. The molecular formula is C19H13ClN4O8. The third-order valence-corrected chi connectivity index (χ3v) is 4.38. The maximum Gasteiger partial charge on any atom is 0.373 e. The molecule has 2 heterocycles. The van der Waals surface area contributed by atoms with Gasteiger partial charge in [-0.05, 0) is 24.3 Å². The van der Waals surface area contributed by atoms with Crippen molar-refractivity contribution in [3.8, 4) is 11.8 Å². The molecule has 1 aromatic carbocycles. The van der Waals surface area contributed by atoms with Crippen LogP contribution in [0.3, 0.4) is 0 Å². The molecular weight excluding hydrogens is 448 g/mol. The summed E-state index contributed by atoms with van der Waals surface area (Å²) in [5, 5.41) is 22.4. The summed E-state index contributed by atoms with van der Waals surface area (Å²) in [6, 6.07) is 5.97. The molecule has 3 rings (SSSR count). The van der Waals surface area contributed by atoms with Crippen LogP contribution in [-0.2, 0) is 16.1 Å². The van der Waals surface area contributed by atoms with Gasteiger partial charge >= 0.3 is 17.7 Å². The van der Waals surface area contributed by atoms with E-state index >= 15 is 0 Å². The molecule has 13 heteroatoms. The fourth-order valence-corrected chi connectivity index (χ4v) is 3.02. The van der Waals surface area contributed by atoms with Gasteiger partial charge in [0, 0.05) is 16.7 Å². The quantitative estimate of drug-likeness (QED) is 0.215. The summed E-state index contributed by atoms with van der Waals surface area (Å²) in [6.07, 6.45) is 1.15. The number of benzene rings is 1. The van der Waals surface area contributed by atoms with Crippen molar-refractivity contribution in [2.75, 3.05) is 13.7 Å². The second-order valence-electron chi connectivity index (χ2n) is 6.18. The number of ether oxygens (including phenoxy) is 2. The maximum absolute atomic E-state index is 12.7. The Bertz CT molecular complexity index is 1200. The summed E-state index contributed by atoms with van der Waals surface area (Å²) in [6.45, 7) is -0.779. The number of halogens is 1. The van der Waals surface area contributed by atoms with Crippen LogP contribution in [0.5, 0.6) is 5.75 Å². The van der Waals surface area contributed by atoms with Crippen LogP contribution in [0.1, 0.15) is 21.9 Å². The summed E-state index contributed by atoms with van der Waals surface area (Å²) >= 11 is 5.94. The molecule has 164 valence electrons. The van der Waals surface area contributed by atoms with Crippen LogP contribution >= 0.6 is 11.6 Å². The molecule has 0 radical (unpaired) electrons. The van der Waals surface area contributed by atoms with E-state index in [9.17, 15) is 24.5 Å². The highest BCUT2D eigenvalue weighted by Gasteiger charge is 2.35. The van der Waals surface area contributed by atoms with Crippen molar-refractivity contribution in [3.63, 3.8) is 0 Å². The zero-order valence-electron chi connectivity index (χ0n) is 16.3. The number of nitriles is 1. The lowest BCUT2D eigenvalue weighted by Gasteiger charge is -2.10. The average Bonchev–Trinajstić information content (AvgIpc) is 3.32. The Morgan fingerprint density at radius 1 is 1.41 bits per heavy atom. The van der Waals surface area contributed by atoms with Gasteiger partial charge in [-0.3, -0.25) is 19.8 Å². The summed E-state index contributed by atoms with van der Waals surface area (Å²) in [5.41, 5.74) is -0.719. The molecule has 1 aliphatic rings. The third kappa shape index (κ3) is 4.52. The van der Waals surface area contributed by atoms with Gasteiger partial charge in [-0.25, -0.2) is 9.59 Å². The minimum atomic E-state index is -0.784. The highest BCUT2D eigenvalue weighted by Crippen LogP contribution is 2.36. The number of nitro groups is 1. The van der Waals surface area contributed by atoms with E-state index < -0.39 is 35.1 Å². The number of nitrogens with zero attached hydrogens (tertiary/aromatic N) is 3. The lowest BCUT2D eigenvalue weighted by Crippen LogP contribution is -2.30. The van der Waals surface area contributed by atoms with Crippen molar-refractivity contribution in [2.45, 2.75) is 6.54 Å². The lowest BCUT2D eigenvalue weighted by atomic mass is 10.1. The molecule has 1 saturated heterocycles. The molecule has 0 spiro atoms. The van der Waals surface area contributed by atoms with Crippen LogP contribution in [0.25, 0.3) is 6.08 Å². The molecule has 2 aromatic rings. The monoisotopic (exact) mass is 460 g/mol. The van der Waals surface area contributed by atoms with Crippen LogP contribution in [-0.4, -0.2) is 41.4 Å². The van der Waals surface area contributed by atoms with E-state index in [1.807, 2.05) is 0 Å². The average molecular weight is 461 g/mol. The fourth-order valence-electron chi connectivity index (χ4n) is 2.80. The number of rotatable bonds is 7. The molecule has 0 atom stereocenters. The predicted octanol–water partition coefficient (Wildman–Crippen LogP) is 2.62. The Hall–Kier alpha value is -4.37. The Morgan fingerprint density at radius 3 is 2.81 bits per heavy atom. The van der Waals surface area contributed by atoms with Crippen LogP contribution < -0.4 is 10.1 Å². The van der Waals surface area contributed by atoms with Gasteiger partial charge in [0.2, 0.25) is 11.5 Å². The minimum Gasteiger partial charge on any atom is -0.471 e. The van der Waals surface area contributed by atoms with Crippen molar-refractivity contribution in [1.29, 1.82) is 5.26 Å². The summed E-state index contributed by atoms with van der Waals surface area (Å²) in [5.74, 6) is -1.73. The fraction of sp³-hybridized carbons (Fsp3) is 0.158. The van der Waals surface area contributed by atoms with Crippen molar-refractivity contribution in [3.05, 3.63) is 62.2 Å². The number of amides is 3. The van der Waals surface area contributed by atoms with Gasteiger partial charge < -0.3 is 19.2 Å². The third-order valence-electron chi connectivity index (χ3n) is 4.16. The highest BCUT2D eigenvalue weighted by atomic mass is 35.5. The van der Waals surface area contributed by atoms with Crippen LogP contribution in [0, 0.1) is 21.4 Å². The van der Waals surface area contributed by atoms with E-state index in [1.54, 1.807) is 6.07 Å². The number of carbonyl (C=O) groups is 3. The molecule has 0 unspecified atom stereocenters. The predicted molar refractivity (Wildman–Crippen MR) is 106 cm³/mol. The van der Waals surface area contributed by atoms with E-state index in [4.69, 9.17) is 26.0 Å². The van der Waals surface area contributed by atoms with Crippen molar-refractivity contribution in [2.24, 2.45) is 0 Å². The van der Waals surface area contributed by atoms with Gasteiger partial charge in [-0.1, -0.05) is 11.6 Å². The molecule has 0 saturated carbocycles. The molecule has 1 N–H and O–H groups in total. The first-order valence-corrected chi connectivity index (χ1v) is 9.12. The molecule has 1 aromatic heterocycles. The number of hydrogen-bond acceptors (Lipinski definition) is 9. The minimum absolute atomic E-state index is 0.0101. The number of imide groups is 1. The number of furan rings is 1. The van der Waals surface area contributed by atoms with Crippen molar-refractivity contribution >= 4 is 41.3 Å². The van der Waals surface area contributed by atoms with Gasteiger partial charge in [0.25, 0.3) is 5.91 Å². The normalized spacial score (nSPS) is 14.3. The number of carbonyl (C=O) groups excluding carboxylic acids is 3. The molecule has 0 bridgehead atoms. The largest absolute Gasteiger partial charge is 0.471 e. The van der Waals surface area contributed by atoms with Crippen LogP contribution in [0.15, 0.2) is 34.4 Å². The van der Waals surface area contributed by atoms with E-state index in [-0.39, 0.29) is 40.1 Å². The Kier molecular flexibility index (Phi) is 6.41. The summed E-state index contributed by atoms with van der Waals surface area (Å²) in [7, 11) is 1.17. The number of nitrogens with one attached hydrogen (secondary N) is 1. The second-order valence-corrected chi connectivity index (χ2v) is 6.62.